The van der Waals surface area contributed by atoms with Gasteiger partial charge in [-0.15, -0.1) is 22.7 Å². The molecule has 0 radical (unpaired) electrons. The molecule has 0 aliphatic heterocycles. The largest absolute Gasteiger partial charge is 0.172 e. The standard InChI is InChI=1S/C23H22N2S3/c1-5-22(3)11-12-9-16(26-20(12)22)13-7-8-14(19-18(13)24-28-25-19)17-10-15-21(27-17)23(15,4)6-2/h7-10H,5-6,11H2,1-4H3. The minimum Gasteiger partial charge on any atom is -0.172 e. The van der Waals surface area contributed by atoms with Gasteiger partial charge in [0.05, 0.1) is 11.7 Å². The van der Waals surface area contributed by atoms with Crippen molar-refractivity contribution in [1.82, 2.24) is 8.75 Å². The van der Waals surface area contributed by atoms with Gasteiger partial charge >= 0.3 is 0 Å². The summed E-state index contributed by atoms with van der Waals surface area (Å²) in [7, 11) is 0. The molecule has 0 spiro atoms. The summed E-state index contributed by atoms with van der Waals surface area (Å²) in [4.78, 5) is 5.83. The summed E-state index contributed by atoms with van der Waals surface area (Å²) < 4.78 is 9.40. The molecule has 0 bridgehead atoms. The molecule has 2 nitrogen and oxygen atoms in total. The number of hydrogen-bond donors (Lipinski definition) is 0. The average Bonchev–Trinajstić information content (AvgIpc) is 3.23. The van der Waals surface area contributed by atoms with Gasteiger partial charge in [0.15, 0.2) is 0 Å². The van der Waals surface area contributed by atoms with E-state index in [2.05, 4.69) is 52.0 Å². The highest BCUT2D eigenvalue weighted by atomic mass is 32.1. The first-order valence-electron chi connectivity index (χ1n) is 10.0. The molecule has 0 N–H and O–H groups in total. The van der Waals surface area contributed by atoms with Crippen molar-refractivity contribution in [2.24, 2.45) is 0 Å². The first-order chi connectivity index (χ1) is 13.5. The molecular formula is C23H22N2S3. The normalized spacial score (nSPS) is 24.9. The van der Waals surface area contributed by atoms with E-state index in [-0.39, 0.29) is 0 Å². The summed E-state index contributed by atoms with van der Waals surface area (Å²) in [5.41, 5.74) is 8.42. The lowest BCUT2D eigenvalue weighted by molar-refractivity contribution is 0.408. The van der Waals surface area contributed by atoms with E-state index in [0.717, 1.165) is 11.0 Å². The molecular weight excluding hydrogens is 400 g/mol. The van der Waals surface area contributed by atoms with Crippen LogP contribution >= 0.6 is 34.4 Å². The zero-order chi connectivity index (χ0) is 19.3. The molecule has 5 heteroatoms. The van der Waals surface area contributed by atoms with Gasteiger partial charge in [0.2, 0.25) is 0 Å². The molecule has 2 aliphatic rings. The fraction of sp³-hybridized carbons (Fsp3) is 0.391. The maximum atomic E-state index is 4.71. The first-order valence-corrected chi connectivity index (χ1v) is 12.4. The fourth-order valence-electron chi connectivity index (χ4n) is 4.70. The number of rotatable bonds is 4. The molecule has 142 valence electrons. The van der Waals surface area contributed by atoms with Gasteiger partial charge in [0, 0.05) is 41.5 Å². The Morgan fingerprint density at radius 2 is 1.54 bits per heavy atom. The predicted molar refractivity (Wildman–Crippen MR) is 122 cm³/mol. The summed E-state index contributed by atoms with van der Waals surface area (Å²) in [5.74, 6) is 0. The summed E-state index contributed by atoms with van der Waals surface area (Å²) in [6.45, 7) is 9.34. The van der Waals surface area contributed by atoms with Gasteiger partial charge in [-0.05, 0) is 42.5 Å². The third-order valence-electron chi connectivity index (χ3n) is 7.14. The zero-order valence-corrected chi connectivity index (χ0v) is 19.0. The van der Waals surface area contributed by atoms with E-state index in [1.807, 2.05) is 22.7 Å². The molecule has 3 heterocycles. The van der Waals surface area contributed by atoms with Crippen molar-refractivity contribution in [3.05, 3.63) is 45.1 Å². The van der Waals surface area contributed by atoms with Crippen LogP contribution in [0.4, 0.5) is 0 Å². The average molecular weight is 423 g/mol. The number of benzene rings is 1. The molecule has 0 fully saturated rings. The van der Waals surface area contributed by atoms with Crippen molar-refractivity contribution in [2.75, 3.05) is 0 Å². The Kier molecular flexibility index (Phi) is 3.42. The van der Waals surface area contributed by atoms with Crippen LogP contribution in [0.5, 0.6) is 0 Å². The van der Waals surface area contributed by atoms with E-state index < -0.39 is 0 Å². The van der Waals surface area contributed by atoms with Crippen LogP contribution < -0.4 is 0 Å². The molecule has 0 saturated heterocycles. The maximum Gasteiger partial charge on any atom is 0.114 e. The summed E-state index contributed by atoms with van der Waals surface area (Å²) in [5, 5.41) is 0. The molecule has 2 atom stereocenters. The minimum absolute atomic E-state index is 0.346. The molecule has 0 amide bonds. The summed E-state index contributed by atoms with van der Waals surface area (Å²) in [6, 6.07) is 9.32. The van der Waals surface area contributed by atoms with Gasteiger partial charge in [-0.1, -0.05) is 39.8 Å². The Morgan fingerprint density at radius 3 is 2.11 bits per heavy atom. The van der Waals surface area contributed by atoms with Crippen LogP contribution in [0.15, 0.2) is 24.3 Å². The second kappa shape index (κ2) is 5.53. The van der Waals surface area contributed by atoms with Crippen LogP contribution in [-0.4, -0.2) is 8.75 Å². The SMILES string of the molecule is CCC1(C)Cc2cc(-c3ccc(-c4cc5c(s4)C5(C)CC)c4nsnc34)sc21. The molecule has 28 heavy (non-hydrogen) atoms. The van der Waals surface area contributed by atoms with Crippen molar-refractivity contribution in [2.45, 2.75) is 57.8 Å². The van der Waals surface area contributed by atoms with E-state index >= 15 is 0 Å². The quantitative estimate of drug-likeness (QED) is 0.342. The highest BCUT2D eigenvalue weighted by Gasteiger charge is 2.47. The van der Waals surface area contributed by atoms with Gasteiger partial charge in [0.1, 0.15) is 11.0 Å². The maximum absolute atomic E-state index is 4.71. The lowest BCUT2D eigenvalue weighted by Crippen LogP contribution is -2.32. The lowest BCUT2D eigenvalue weighted by atomic mass is 9.69. The van der Waals surface area contributed by atoms with Crippen LogP contribution in [0.3, 0.4) is 0 Å². The highest BCUT2D eigenvalue weighted by molar-refractivity contribution is 7.17. The number of nitrogens with zero attached hydrogens (tertiary/aromatic N) is 2. The van der Waals surface area contributed by atoms with Crippen LogP contribution in [0.25, 0.3) is 31.9 Å². The molecule has 6 rings (SSSR count). The van der Waals surface area contributed by atoms with Crippen molar-refractivity contribution in [3.63, 3.8) is 0 Å². The molecule has 3 aromatic heterocycles. The minimum atomic E-state index is 0.346. The van der Waals surface area contributed by atoms with Crippen LogP contribution in [0.2, 0.25) is 0 Å². The van der Waals surface area contributed by atoms with Gasteiger partial charge in [-0.2, -0.15) is 8.75 Å². The predicted octanol–water partition coefficient (Wildman–Crippen LogP) is 7.40. The first kappa shape index (κ1) is 17.3. The Balaban J connectivity index is 1.44. The topological polar surface area (TPSA) is 25.8 Å². The fourth-order valence-corrected chi connectivity index (χ4v) is 8.19. The van der Waals surface area contributed by atoms with E-state index in [4.69, 9.17) is 8.75 Å². The molecule has 2 unspecified atom stereocenters. The Labute approximate surface area is 177 Å². The number of fused-ring (bicyclic) bond motifs is 3. The Hall–Kier alpha value is -1.56. The van der Waals surface area contributed by atoms with Crippen LogP contribution in [-0.2, 0) is 17.3 Å². The smallest absolute Gasteiger partial charge is 0.114 e. The lowest BCUT2D eigenvalue weighted by Gasteiger charge is -2.37. The third-order valence-corrected chi connectivity index (χ3v) is 10.6. The highest BCUT2D eigenvalue weighted by Crippen LogP contribution is 2.59. The van der Waals surface area contributed by atoms with Crippen molar-refractivity contribution in [3.8, 4) is 20.9 Å². The van der Waals surface area contributed by atoms with Crippen molar-refractivity contribution < 1.29 is 0 Å². The number of thiophene rings is 2. The van der Waals surface area contributed by atoms with Gasteiger partial charge in [0.25, 0.3) is 0 Å². The van der Waals surface area contributed by atoms with Crippen LogP contribution in [0.1, 0.15) is 61.4 Å². The molecule has 0 saturated carbocycles. The summed E-state index contributed by atoms with van der Waals surface area (Å²) in [6.07, 6.45) is 3.62. The van der Waals surface area contributed by atoms with Gasteiger partial charge in [-0.3, -0.25) is 0 Å². The summed E-state index contributed by atoms with van der Waals surface area (Å²) >= 11 is 5.24. The second-order valence-electron chi connectivity index (χ2n) is 8.72. The van der Waals surface area contributed by atoms with E-state index in [9.17, 15) is 0 Å². The molecule has 4 aromatic rings. The monoisotopic (exact) mass is 422 g/mol. The van der Waals surface area contributed by atoms with Gasteiger partial charge in [-0.25, -0.2) is 0 Å². The van der Waals surface area contributed by atoms with E-state index in [0.29, 0.717) is 10.8 Å². The third kappa shape index (κ3) is 2.08. The zero-order valence-electron chi connectivity index (χ0n) is 16.5. The van der Waals surface area contributed by atoms with Crippen molar-refractivity contribution in [1.29, 1.82) is 0 Å². The van der Waals surface area contributed by atoms with Gasteiger partial charge < -0.3 is 0 Å². The van der Waals surface area contributed by atoms with E-state index in [1.165, 1.54) is 63.0 Å². The number of aromatic nitrogens is 2. The Bertz CT molecular complexity index is 1240. The van der Waals surface area contributed by atoms with E-state index in [1.54, 1.807) is 9.75 Å². The van der Waals surface area contributed by atoms with Crippen molar-refractivity contribution >= 4 is 45.4 Å². The Morgan fingerprint density at radius 1 is 0.893 bits per heavy atom. The van der Waals surface area contributed by atoms with Crippen LogP contribution in [0, 0.1) is 0 Å². The molecule has 1 aromatic carbocycles. The molecule has 2 aliphatic carbocycles. The second-order valence-corrected chi connectivity index (χ2v) is 11.4. The number of hydrogen-bond acceptors (Lipinski definition) is 5.